The van der Waals surface area contributed by atoms with Gasteiger partial charge in [0.05, 0.1) is 0 Å². The summed E-state index contributed by atoms with van der Waals surface area (Å²) in [7, 11) is 3.53. The smallest absolute Gasteiger partial charge is 0.234 e. The predicted octanol–water partition coefficient (Wildman–Crippen LogP) is 1.32. The van der Waals surface area contributed by atoms with Gasteiger partial charge in [0, 0.05) is 37.9 Å². The lowest BCUT2D eigenvalue weighted by molar-refractivity contribution is -0.124. The molecule has 96 valence electrons. The van der Waals surface area contributed by atoms with Crippen LogP contribution in [0, 0.1) is 0 Å². The number of nitrogens with zero attached hydrogens (tertiary/aromatic N) is 3. The van der Waals surface area contributed by atoms with E-state index in [0.29, 0.717) is 24.6 Å². The maximum absolute atomic E-state index is 11.4. The lowest BCUT2D eigenvalue weighted by Crippen LogP contribution is -2.36. The fourth-order valence-electron chi connectivity index (χ4n) is 1.39. The van der Waals surface area contributed by atoms with Crippen LogP contribution in [0.2, 0.25) is 0 Å². The number of amides is 1. The van der Waals surface area contributed by atoms with Crippen LogP contribution in [0.4, 0.5) is 0 Å². The fourth-order valence-corrected chi connectivity index (χ4v) is 2.03. The van der Waals surface area contributed by atoms with Gasteiger partial charge in [-0.3, -0.25) is 10.2 Å². The minimum Gasteiger partial charge on any atom is -0.339 e. The molecule has 0 aliphatic heterocycles. The van der Waals surface area contributed by atoms with Crippen molar-refractivity contribution >= 4 is 17.2 Å². The molecule has 18 heavy (non-hydrogen) atoms. The summed E-state index contributed by atoms with van der Waals surface area (Å²) in [5.41, 5.74) is 3.59. The van der Waals surface area contributed by atoms with Gasteiger partial charge < -0.3 is 4.52 Å². The van der Waals surface area contributed by atoms with Crippen LogP contribution in [0.5, 0.6) is 0 Å². The molecule has 7 heteroatoms. The van der Waals surface area contributed by atoms with E-state index in [2.05, 4.69) is 15.6 Å². The largest absolute Gasteiger partial charge is 0.339 e. The Morgan fingerprint density at radius 3 is 3.06 bits per heavy atom. The first-order chi connectivity index (χ1) is 8.65. The Balaban J connectivity index is 1.89. The molecule has 0 aliphatic rings. The summed E-state index contributed by atoms with van der Waals surface area (Å²) < 4.78 is 5.09. The number of aryl methyl sites for hydroxylation is 1. The highest BCUT2D eigenvalue weighted by Gasteiger charge is 2.10. The first-order valence-electron chi connectivity index (χ1n) is 5.47. The average molecular weight is 266 g/mol. The Bertz CT molecular complexity index is 507. The van der Waals surface area contributed by atoms with Crippen molar-refractivity contribution in [2.24, 2.45) is 0 Å². The molecule has 2 aromatic rings. The number of thiophene rings is 1. The van der Waals surface area contributed by atoms with E-state index in [4.69, 9.17) is 4.52 Å². The van der Waals surface area contributed by atoms with Gasteiger partial charge in [-0.25, -0.2) is 5.01 Å². The van der Waals surface area contributed by atoms with E-state index in [9.17, 15) is 4.79 Å². The Labute approximate surface area is 109 Å². The zero-order valence-corrected chi connectivity index (χ0v) is 11.0. The number of hydrogen-bond donors (Lipinski definition) is 1. The van der Waals surface area contributed by atoms with Gasteiger partial charge in [0.25, 0.3) is 0 Å². The van der Waals surface area contributed by atoms with Crippen molar-refractivity contribution in [2.45, 2.75) is 12.8 Å². The molecule has 0 unspecified atom stereocenters. The van der Waals surface area contributed by atoms with Crippen molar-refractivity contribution < 1.29 is 9.32 Å². The fraction of sp³-hybridized carbons (Fsp3) is 0.364. The molecule has 0 aromatic carbocycles. The quantitative estimate of drug-likeness (QED) is 0.826. The maximum atomic E-state index is 11.4. The first kappa shape index (κ1) is 12.7. The Kier molecular flexibility index (Phi) is 4.06. The second-order valence-corrected chi connectivity index (χ2v) is 4.73. The van der Waals surface area contributed by atoms with E-state index < -0.39 is 0 Å². The topological polar surface area (TPSA) is 71.3 Å². The monoisotopic (exact) mass is 266 g/mol. The van der Waals surface area contributed by atoms with Crippen molar-refractivity contribution in [2.75, 3.05) is 14.1 Å². The van der Waals surface area contributed by atoms with Crippen LogP contribution in [-0.4, -0.2) is 35.2 Å². The van der Waals surface area contributed by atoms with Gasteiger partial charge in [-0.2, -0.15) is 16.3 Å². The number of nitrogens with one attached hydrogen (secondary N) is 1. The van der Waals surface area contributed by atoms with Gasteiger partial charge in [-0.1, -0.05) is 5.16 Å². The van der Waals surface area contributed by atoms with Crippen molar-refractivity contribution in [1.82, 2.24) is 20.6 Å². The highest BCUT2D eigenvalue weighted by atomic mass is 32.1. The van der Waals surface area contributed by atoms with Crippen LogP contribution in [-0.2, 0) is 11.2 Å². The number of hydrazine groups is 1. The minimum absolute atomic E-state index is 0.0738. The SMILES string of the molecule is CN(C)NC(=O)CCc1nc(-c2ccsc2)no1. The third-order valence-electron chi connectivity index (χ3n) is 2.16. The number of carbonyl (C=O) groups is 1. The van der Waals surface area contributed by atoms with Crippen LogP contribution >= 0.6 is 11.3 Å². The van der Waals surface area contributed by atoms with Crippen LogP contribution in [0.15, 0.2) is 21.3 Å². The summed E-state index contributed by atoms with van der Waals surface area (Å²) in [6.45, 7) is 0. The zero-order valence-electron chi connectivity index (χ0n) is 10.2. The van der Waals surface area contributed by atoms with E-state index in [1.54, 1.807) is 30.4 Å². The third-order valence-corrected chi connectivity index (χ3v) is 2.84. The lowest BCUT2D eigenvalue weighted by atomic mass is 10.3. The highest BCUT2D eigenvalue weighted by Crippen LogP contribution is 2.18. The third kappa shape index (κ3) is 3.38. The molecule has 0 radical (unpaired) electrons. The number of aromatic nitrogens is 2. The molecule has 0 fully saturated rings. The summed E-state index contributed by atoms with van der Waals surface area (Å²) in [5, 5.41) is 9.39. The van der Waals surface area contributed by atoms with Gasteiger partial charge in [0.1, 0.15) is 0 Å². The van der Waals surface area contributed by atoms with Crippen molar-refractivity contribution in [3.05, 3.63) is 22.7 Å². The summed E-state index contributed by atoms with van der Waals surface area (Å²) in [5.74, 6) is 0.972. The minimum atomic E-state index is -0.0738. The molecule has 0 saturated heterocycles. The Hall–Kier alpha value is -1.73. The first-order valence-corrected chi connectivity index (χ1v) is 6.41. The van der Waals surface area contributed by atoms with E-state index in [1.165, 1.54) is 0 Å². The summed E-state index contributed by atoms with van der Waals surface area (Å²) >= 11 is 1.58. The molecule has 0 aliphatic carbocycles. The molecule has 0 bridgehead atoms. The van der Waals surface area contributed by atoms with Crippen LogP contribution in [0.3, 0.4) is 0 Å². The Morgan fingerprint density at radius 2 is 2.39 bits per heavy atom. The molecule has 2 rings (SSSR count). The van der Waals surface area contributed by atoms with Crippen molar-refractivity contribution in [3.63, 3.8) is 0 Å². The standard InChI is InChI=1S/C11H14N4O2S/c1-15(2)13-9(16)3-4-10-12-11(14-17-10)8-5-6-18-7-8/h5-7H,3-4H2,1-2H3,(H,13,16). The van der Waals surface area contributed by atoms with E-state index in [0.717, 1.165) is 5.56 Å². The molecular formula is C11H14N4O2S. The van der Waals surface area contributed by atoms with Crippen LogP contribution < -0.4 is 5.43 Å². The highest BCUT2D eigenvalue weighted by molar-refractivity contribution is 7.08. The molecule has 0 saturated carbocycles. The molecule has 2 aromatic heterocycles. The second-order valence-electron chi connectivity index (χ2n) is 3.95. The molecule has 1 amide bonds. The molecule has 0 spiro atoms. The van der Waals surface area contributed by atoms with Gasteiger partial charge in [0.2, 0.25) is 17.6 Å². The summed E-state index contributed by atoms with van der Waals surface area (Å²) in [6, 6.07) is 1.93. The lowest BCUT2D eigenvalue weighted by Gasteiger charge is -2.10. The molecule has 2 heterocycles. The van der Waals surface area contributed by atoms with Gasteiger partial charge in [-0.05, 0) is 11.4 Å². The summed E-state index contributed by atoms with van der Waals surface area (Å²) in [4.78, 5) is 15.7. The Morgan fingerprint density at radius 1 is 1.56 bits per heavy atom. The predicted molar refractivity (Wildman–Crippen MR) is 67.8 cm³/mol. The van der Waals surface area contributed by atoms with Crippen LogP contribution in [0.1, 0.15) is 12.3 Å². The average Bonchev–Trinajstić information content (AvgIpc) is 2.96. The number of carbonyl (C=O) groups excluding carboxylic acids is 1. The zero-order chi connectivity index (χ0) is 13.0. The van der Waals surface area contributed by atoms with E-state index in [-0.39, 0.29) is 5.91 Å². The molecule has 0 atom stereocenters. The van der Waals surface area contributed by atoms with E-state index in [1.807, 2.05) is 16.8 Å². The molecular weight excluding hydrogens is 252 g/mol. The van der Waals surface area contributed by atoms with Gasteiger partial charge >= 0.3 is 0 Å². The summed E-state index contributed by atoms with van der Waals surface area (Å²) in [6.07, 6.45) is 0.764. The molecule has 6 nitrogen and oxygen atoms in total. The van der Waals surface area contributed by atoms with Crippen molar-refractivity contribution in [3.8, 4) is 11.4 Å². The molecule has 1 N–H and O–H groups in total. The van der Waals surface area contributed by atoms with Crippen molar-refractivity contribution in [1.29, 1.82) is 0 Å². The number of rotatable bonds is 5. The van der Waals surface area contributed by atoms with Gasteiger partial charge in [-0.15, -0.1) is 0 Å². The number of hydrogen-bond acceptors (Lipinski definition) is 6. The maximum Gasteiger partial charge on any atom is 0.234 e. The van der Waals surface area contributed by atoms with E-state index >= 15 is 0 Å². The second kappa shape index (κ2) is 5.74. The van der Waals surface area contributed by atoms with Crippen LogP contribution in [0.25, 0.3) is 11.4 Å². The van der Waals surface area contributed by atoms with Gasteiger partial charge in [0.15, 0.2) is 0 Å². The normalized spacial score (nSPS) is 10.8.